The number of unbranched alkanes of at least 4 members (excludes halogenated alkanes) is 8. The van der Waals surface area contributed by atoms with Crippen LogP contribution < -0.4 is 0 Å². The highest BCUT2D eigenvalue weighted by molar-refractivity contribution is 6.02. The number of aryl methyl sites for hydroxylation is 1. The van der Waals surface area contributed by atoms with Crippen molar-refractivity contribution in [3.8, 4) is 5.75 Å². The third-order valence-corrected chi connectivity index (χ3v) is 5.01. The number of hydrogen-bond acceptors (Lipinski definition) is 5. The van der Waals surface area contributed by atoms with Gasteiger partial charge in [0.1, 0.15) is 5.75 Å². The zero-order valence-electron chi connectivity index (χ0n) is 20.5. The fraction of sp³-hybridized carbons (Fsp3) is 0.654. The number of phenolic OH excluding ortho intramolecular Hbond substituents is 1. The Labute approximate surface area is 194 Å². The minimum atomic E-state index is -0.943. The molecule has 0 unspecified atom stereocenters. The van der Waals surface area contributed by atoms with Crippen LogP contribution in [0, 0.1) is 6.92 Å². The van der Waals surface area contributed by atoms with Crippen molar-refractivity contribution in [2.75, 3.05) is 0 Å². The van der Waals surface area contributed by atoms with Gasteiger partial charge >= 0.3 is 11.9 Å². The predicted octanol–water partition coefficient (Wildman–Crippen LogP) is 7.15. The first-order valence-electron chi connectivity index (χ1n) is 12.2. The Kier molecular flexibility index (Phi) is 17.9. The van der Waals surface area contributed by atoms with E-state index in [0.29, 0.717) is 17.7 Å². The molecule has 1 rings (SSSR count). The molecular formula is C26H43NO5. The Bertz CT molecular complexity index is 685. The molecule has 0 atom stereocenters. The average molecular weight is 450 g/mol. The molecule has 0 aromatic heterocycles. The quantitative estimate of drug-likeness (QED) is 0.121. The second-order valence-electron chi connectivity index (χ2n) is 7.85. The maximum Gasteiger partial charge on any atom is 0.335 e. The number of carboxylic acid groups (broad SMARTS) is 1. The van der Waals surface area contributed by atoms with Gasteiger partial charge in [0.15, 0.2) is 0 Å². The van der Waals surface area contributed by atoms with Gasteiger partial charge in [0.05, 0.1) is 5.71 Å². The molecule has 6 nitrogen and oxygen atoms in total. The van der Waals surface area contributed by atoms with Crippen LogP contribution in [-0.4, -0.2) is 27.9 Å². The second kappa shape index (κ2) is 19.3. The number of nitrogens with zero attached hydrogens (tertiary/aromatic N) is 1. The van der Waals surface area contributed by atoms with E-state index in [9.17, 15) is 14.7 Å². The molecule has 0 aliphatic rings. The smallest absolute Gasteiger partial charge is 0.335 e. The van der Waals surface area contributed by atoms with Gasteiger partial charge in [-0.25, -0.2) is 4.79 Å². The molecular weight excluding hydrogens is 406 g/mol. The zero-order chi connectivity index (χ0) is 24.2. The third-order valence-electron chi connectivity index (χ3n) is 5.01. The largest absolute Gasteiger partial charge is 0.507 e. The summed E-state index contributed by atoms with van der Waals surface area (Å²) in [6.07, 6.45) is 11.6. The number of carboxylic acids is 1. The van der Waals surface area contributed by atoms with Crippen molar-refractivity contribution < 1.29 is 24.6 Å². The Hall–Kier alpha value is -2.37. The van der Waals surface area contributed by atoms with Gasteiger partial charge in [-0.1, -0.05) is 88.9 Å². The van der Waals surface area contributed by atoms with E-state index in [1.165, 1.54) is 38.5 Å². The molecule has 2 N–H and O–H groups in total. The minimum absolute atomic E-state index is 0.000904. The topological polar surface area (TPSA) is 96.2 Å². The van der Waals surface area contributed by atoms with Gasteiger partial charge in [-0.2, -0.15) is 0 Å². The van der Waals surface area contributed by atoms with Crippen LogP contribution in [0.5, 0.6) is 5.75 Å². The van der Waals surface area contributed by atoms with Crippen molar-refractivity contribution in [3.63, 3.8) is 0 Å². The number of benzene rings is 1. The Morgan fingerprint density at radius 1 is 0.875 bits per heavy atom. The molecule has 0 radical (unpaired) electrons. The predicted molar refractivity (Wildman–Crippen MR) is 130 cm³/mol. The van der Waals surface area contributed by atoms with Crippen LogP contribution in [0.25, 0.3) is 0 Å². The minimum Gasteiger partial charge on any atom is -0.507 e. The lowest BCUT2D eigenvalue weighted by Gasteiger charge is -2.10. The van der Waals surface area contributed by atoms with E-state index >= 15 is 0 Å². The zero-order valence-corrected chi connectivity index (χ0v) is 20.5. The number of aliphatic carboxylic acids is 1. The van der Waals surface area contributed by atoms with E-state index in [4.69, 9.17) is 9.94 Å². The third kappa shape index (κ3) is 14.6. The van der Waals surface area contributed by atoms with E-state index in [1.807, 2.05) is 32.9 Å². The summed E-state index contributed by atoms with van der Waals surface area (Å²) in [5.41, 5.74) is 2.11. The molecule has 0 fully saturated rings. The first-order valence-corrected chi connectivity index (χ1v) is 12.2. The molecule has 0 saturated heterocycles. The molecule has 0 bridgehead atoms. The van der Waals surface area contributed by atoms with Crippen molar-refractivity contribution in [1.29, 1.82) is 0 Å². The number of phenols is 1. The van der Waals surface area contributed by atoms with Crippen molar-refractivity contribution in [1.82, 2.24) is 0 Å². The van der Waals surface area contributed by atoms with E-state index in [1.54, 1.807) is 6.07 Å². The summed E-state index contributed by atoms with van der Waals surface area (Å²) in [5, 5.41) is 22.9. The first kappa shape index (κ1) is 29.6. The van der Waals surface area contributed by atoms with Crippen molar-refractivity contribution in [3.05, 3.63) is 29.3 Å². The highest BCUT2D eigenvalue weighted by atomic mass is 16.7. The number of rotatable bonds is 16. The van der Waals surface area contributed by atoms with Crippen molar-refractivity contribution >= 4 is 17.7 Å². The van der Waals surface area contributed by atoms with Crippen LogP contribution in [-0.2, 0) is 14.4 Å². The molecule has 6 heteroatoms. The van der Waals surface area contributed by atoms with Crippen LogP contribution in [0.3, 0.4) is 0 Å². The van der Waals surface area contributed by atoms with Gasteiger partial charge < -0.3 is 15.1 Å². The summed E-state index contributed by atoms with van der Waals surface area (Å²) < 4.78 is 0. The fourth-order valence-corrected chi connectivity index (χ4v) is 3.25. The number of oxime groups is 1. The Balaban J connectivity index is 0.00000466. The molecule has 0 spiro atoms. The molecule has 1 aromatic rings. The molecule has 32 heavy (non-hydrogen) atoms. The summed E-state index contributed by atoms with van der Waals surface area (Å²) in [7, 11) is 0. The Morgan fingerprint density at radius 2 is 1.47 bits per heavy atom. The van der Waals surface area contributed by atoms with E-state index in [2.05, 4.69) is 12.1 Å². The van der Waals surface area contributed by atoms with Crippen LogP contribution in [0.4, 0.5) is 0 Å². The molecule has 0 amide bonds. The molecule has 0 aliphatic carbocycles. The maximum atomic E-state index is 11.9. The van der Waals surface area contributed by atoms with Crippen molar-refractivity contribution in [2.45, 2.75) is 111 Å². The average Bonchev–Trinajstić information content (AvgIpc) is 2.77. The molecule has 1 aromatic carbocycles. The van der Waals surface area contributed by atoms with Crippen LogP contribution >= 0.6 is 0 Å². The second-order valence-corrected chi connectivity index (χ2v) is 7.85. The number of aromatic hydroxyl groups is 1. The summed E-state index contributed by atoms with van der Waals surface area (Å²) in [6.45, 7) is 8.15. The highest BCUT2D eigenvalue weighted by Crippen LogP contribution is 2.22. The standard InChI is InChI=1S/C24H37NO5.C2H6/c1-3-4-5-6-7-8-9-10-11-13-21(20-18-19(2)16-17-22(20)26)25-30-24(29)15-12-14-23(27)28;1-2/h16-18,26H,3-15H2,1-2H3,(H,27,28);1-2H3/b25-21+;. The van der Waals surface area contributed by atoms with Gasteiger partial charge in [-0.05, 0) is 38.3 Å². The highest BCUT2D eigenvalue weighted by Gasteiger charge is 2.12. The number of carbonyl (C=O) groups is 2. The van der Waals surface area contributed by atoms with Gasteiger partial charge in [-0.3, -0.25) is 4.79 Å². The van der Waals surface area contributed by atoms with E-state index in [-0.39, 0.29) is 25.0 Å². The molecule has 0 heterocycles. The van der Waals surface area contributed by atoms with Crippen LogP contribution in [0.2, 0.25) is 0 Å². The number of carbonyl (C=O) groups excluding carboxylic acids is 1. The van der Waals surface area contributed by atoms with Gasteiger partial charge in [0, 0.05) is 18.4 Å². The normalized spacial score (nSPS) is 10.9. The SMILES string of the molecule is CC.CCCCCCCCCCC/C(=N\OC(=O)CCCC(=O)O)c1cc(C)ccc1O. The van der Waals surface area contributed by atoms with Gasteiger partial charge in [-0.15, -0.1) is 0 Å². The molecule has 0 saturated carbocycles. The Morgan fingerprint density at radius 3 is 2.06 bits per heavy atom. The van der Waals surface area contributed by atoms with Gasteiger partial charge in [0.2, 0.25) is 0 Å². The maximum absolute atomic E-state index is 11.9. The van der Waals surface area contributed by atoms with Crippen LogP contribution in [0.15, 0.2) is 23.4 Å². The van der Waals surface area contributed by atoms with Crippen molar-refractivity contribution in [2.24, 2.45) is 5.16 Å². The van der Waals surface area contributed by atoms with Gasteiger partial charge in [0.25, 0.3) is 0 Å². The lowest BCUT2D eigenvalue weighted by atomic mass is 10.00. The lowest BCUT2D eigenvalue weighted by molar-refractivity contribution is -0.144. The first-order chi connectivity index (χ1) is 15.4. The van der Waals surface area contributed by atoms with E-state index < -0.39 is 11.9 Å². The fourth-order valence-electron chi connectivity index (χ4n) is 3.25. The molecule has 0 aliphatic heterocycles. The van der Waals surface area contributed by atoms with E-state index in [0.717, 1.165) is 24.8 Å². The summed E-state index contributed by atoms with van der Waals surface area (Å²) in [6, 6.07) is 5.26. The number of hydrogen-bond donors (Lipinski definition) is 2. The summed E-state index contributed by atoms with van der Waals surface area (Å²) >= 11 is 0. The van der Waals surface area contributed by atoms with Crippen LogP contribution in [0.1, 0.15) is 115 Å². The summed E-state index contributed by atoms with van der Waals surface area (Å²) in [5.74, 6) is -1.40. The monoisotopic (exact) mass is 449 g/mol. The lowest BCUT2D eigenvalue weighted by Crippen LogP contribution is -2.07. The summed E-state index contributed by atoms with van der Waals surface area (Å²) in [4.78, 5) is 27.4. The molecule has 182 valence electrons.